The van der Waals surface area contributed by atoms with Gasteiger partial charge >= 0.3 is 0 Å². The molecule has 2 aromatic carbocycles. The van der Waals surface area contributed by atoms with Crippen molar-refractivity contribution in [3.05, 3.63) is 67.6 Å². The smallest absolute Gasteiger partial charge is 0.0515 e. The Hall–Kier alpha value is -0.390. The van der Waals surface area contributed by atoms with E-state index in [4.69, 9.17) is 17.4 Å². The highest BCUT2D eigenvalue weighted by Gasteiger charge is 2.14. The minimum atomic E-state index is -0.0122. The molecule has 0 amide bonds. The Kier molecular flexibility index (Phi) is 5.42. The van der Waals surface area contributed by atoms with E-state index in [1.54, 1.807) is 0 Å². The molecular weight excluding hydrogens is 391 g/mol. The monoisotopic (exact) mass is 402 g/mol. The van der Waals surface area contributed by atoms with Gasteiger partial charge in [0.25, 0.3) is 0 Å². The van der Waals surface area contributed by atoms with Gasteiger partial charge in [0.2, 0.25) is 0 Å². The van der Waals surface area contributed by atoms with Gasteiger partial charge in [0, 0.05) is 14.0 Å². The summed E-state index contributed by atoms with van der Waals surface area (Å²) in [6.07, 6.45) is 0.783. The summed E-state index contributed by atoms with van der Waals surface area (Å²) in [5.74, 6) is 5.66. The van der Waals surface area contributed by atoms with Gasteiger partial charge in [-0.15, -0.1) is 0 Å². The molecule has 0 saturated heterocycles. The zero-order valence-electron chi connectivity index (χ0n) is 10.0. The van der Waals surface area contributed by atoms with Crippen LogP contribution in [0.25, 0.3) is 0 Å². The number of rotatable bonds is 4. The van der Waals surface area contributed by atoms with Crippen molar-refractivity contribution in [2.24, 2.45) is 5.84 Å². The van der Waals surface area contributed by atoms with Crippen molar-refractivity contribution in [3.63, 3.8) is 0 Å². The van der Waals surface area contributed by atoms with E-state index in [1.807, 2.05) is 30.3 Å². The summed E-state index contributed by atoms with van der Waals surface area (Å²) in [4.78, 5) is 0. The summed E-state index contributed by atoms with van der Waals surface area (Å²) in [6, 6.07) is 14.0. The molecule has 0 heterocycles. The Morgan fingerprint density at radius 3 is 2.26 bits per heavy atom. The number of hydrogen-bond donors (Lipinski definition) is 2. The maximum Gasteiger partial charge on any atom is 0.0515 e. The van der Waals surface area contributed by atoms with E-state index < -0.39 is 0 Å². The minimum Gasteiger partial charge on any atom is -0.271 e. The molecule has 19 heavy (non-hydrogen) atoms. The predicted molar refractivity (Wildman–Crippen MR) is 87.1 cm³/mol. The van der Waals surface area contributed by atoms with E-state index in [-0.39, 0.29) is 6.04 Å². The van der Waals surface area contributed by atoms with E-state index in [0.29, 0.717) is 5.02 Å². The first-order valence-electron chi connectivity index (χ1n) is 5.75. The van der Waals surface area contributed by atoms with E-state index in [0.717, 1.165) is 20.9 Å². The number of hydrogen-bond acceptors (Lipinski definition) is 2. The SMILES string of the molecule is NNC(Cc1ccc(Br)cc1)c1ccc(Br)cc1Cl. The molecule has 0 aliphatic heterocycles. The van der Waals surface area contributed by atoms with Gasteiger partial charge < -0.3 is 0 Å². The molecule has 2 nitrogen and oxygen atoms in total. The van der Waals surface area contributed by atoms with Gasteiger partial charge in [-0.3, -0.25) is 11.3 Å². The van der Waals surface area contributed by atoms with Crippen LogP contribution in [0.5, 0.6) is 0 Å². The highest BCUT2D eigenvalue weighted by atomic mass is 79.9. The summed E-state index contributed by atoms with van der Waals surface area (Å²) in [6.45, 7) is 0. The Balaban J connectivity index is 2.22. The zero-order chi connectivity index (χ0) is 13.8. The number of nitrogens with one attached hydrogen (secondary N) is 1. The predicted octanol–water partition coefficient (Wildman–Crippen LogP) is 4.61. The molecule has 0 radical (unpaired) electrons. The Morgan fingerprint density at radius 1 is 1.05 bits per heavy atom. The van der Waals surface area contributed by atoms with Crippen LogP contribution in [0.1, 0.15) is 17.2 Å². The Morgan fingerprint density at radius 2 is 1.68 bits per heavy atom. The van der Waals surface area contributed by atoms with Crippen molar-refractivity contribution < 1.29 is 0 Å². The lowest BCUT2D eigenvalue weighted by molar-refractivity contribution is 0.552. The van der Waals surface area contributed by atoms with Gasteiger partial charge in [-0.2, -0.15) is 0 Å². The number of halogens is 3. The second kappa shape index (κ2) is 6.86. The van der Waals surface area contributed by atoms with E-state index in [2.05, 4.69) is 49.4 Å². The highest BCUT2D eigenvalue weighted by Crippen LogP contribution is 2.28. The third-order valence-corrected chi connectivity index (χ3v) is 4.24. The first-order valence-corrected chi connectivity index (χ1v) is 7.72. The Bertz CT molecular complexity index is 558. The average Bonchev–Trinajstić information content (AvgIpc) is 2.39. The molecule has 3 N–H and O–H groups in total. The molecule has 5 heteroatoms. The quantitative estimate of drug-likeness (QED) is 0.577. The van der Waals surface area contributed by atoms with Crippen molar-refractivity contribution in [3.8, 4) is 0 Å². The van der Waals surface area contributed by atoms with Gasteiger partial charge in [-0.25, -0.2) is 0 Å². The first kappa shape index (κ1) is 15.0. The third-order valence-electron chi connectivity index (χ3n) is 2.89. The molecule has 100 valence electrons. The lowest BCUT2D eigenvalue weighted by Gasteiger charge is -2.18. The summed E-state index contributed by atoms with van der Waals surface area (Å²) in [5.41, 5.74) is 5.03. The minimum absolute atomic E-state index is 0.0122. The Labute approximate surface area is 134 Å². The van der Waals surface area contributed by atoms with Crippen LogP contribution in [-0.4, -0.2) is 0 Å². The van der Waals surface area contributed by atoms with Crippen LogP contribution in [0.15, 0.2) is 51.4 Å². The van der Waals surface area contributed by atoms with E-state index in [9.17, 15) is 0 Å². The number of hydrazine groups is 1. The highest BCUT2D eigenvalue weighted by molar-refractivity contribution is 9.10. The summed E-state index contributed by atoms with van der Waals surface area (Å²) >= 11 is 13.1. The fourth-order valence-corrected chi connectivity index (χ4v) is 2.97. The van der Waals surface area contributed by atoms with Crippen LogP contribution in [0.2, 0.25) is 5.02 Å². The fourth-order valence-electron chi connectivity index (χ4n) is 1.90. The first-order chi connectivity index (χ1) is 9.10. The summed E-state index contributed by atoms with van der Waals surface area (Å²) < 4.78 is 2.02. The lowest BCUT2D eigenvalue weighted by atomic mass is 9.99. The maximum absolute atomic E-state index is 6.26. The lowest BCUT2D eigenvalue weighted by Crippen LogP contribution is -2.29. The van der Waals surface area contributed by atoms with Crippen LogP contribution < -0.4 is 11.3 Å². The second-order valence-corrected chi connectivity index (χ2v) is 6.45. The van der Waals surface area contributed by atoms with Crippen LogP contribution in [0.4, 0.5) is 0 Å². The summed E-state index contributed by atoms with van der Waals surface area (Å²) in [5, 5.41) is 0.703. The molecule has 2 aromatic rings. The second-order valence-electron chi connectivity index (χ2n) is 4.22. The number of nitrogens with two attached hydrogens (primary N) is 1. The van der Waals surface area contributed by atoms with Crippen LogP contribution in [-0.2, 0) is 6.42 Å². The van der Waals surface area contributed by atoms with Crippen molar-refractivity contribution >= 4 is 43.5 Å². The van der Waals surface area contributed by atoms with Crippen molar-refractivity contribution in [1.29, 1.82) is 0 Å². The van der Waals surface area contributed by atoms with Gasteiger partial charge in [-0.1, -0.05) is 61.7 Å². The van der Waals surface area contributed by atoms with Gasteiger partial charge in [0.15, 0.2) is 0 Å². The number of benzene rings is 2. The normalized spacial score (nSPS) is 12.4. The molecule has 0 saturated carbocycles. The van der Waals surface area contributed by atoms with Crippen molar-refractivity contribution in [2.45, 2.75) is 12.5 Å². The molecule has 0 aromatic heterocycles. The van der Waals surface area contributed by atoms with Gasteiger partial charge in [0.1, 0.15) is 0 Å². The van der Waals surface area contributed by atoms with Crippen LogP contribution in [0, 0.1) is 0 Å². The molecule has 0 bridgehead atoms. The van der Waals surface area contributed by atoms with E-state index >= 15 is 0 Å². The molecule has 2 rings (SSSR count). The molecule has 0 spiro atoms. The van der Waals surface area contributed by atoms with Gasteiger partial charge in [-0.05, 0) is 41.8 Å². The fraction of sp³-hybridized carbons (Fsp3) is 0.143. The largest absolute Gasteiger partial charge is 0.271 e. The topological polar surface area (TPSA) is 38.0 Å². The molecule has 0 aliphatic rings. The van der Waals surface area contributed by atoms with E-state index in [1.165, 1.54) is 5.56 Å². The van der Waals surface area contributed by atoms with Crippen molar-refractivity contribution in [2.75, 3.05) is 0 Å². The van der Waals surface area contributed by atoms with Crippen LogP contribution in [0.3, 0.4) is 0 Å². The van der Waals surface area contributed by atoms with Gasteiger partial charge in [0.05, 0.1) is 6.04 Å². The summed E-state index contributed by atoms with van der Waals surface area (Å²) in [7, 11) is 0. The average molecular weight is 405 g/mol. The maximum atomic E-state index is 6.26. The molecule has 0 aliphatic carbocycles. The standard InChI is InChI=1S/C14H13Br2ClN2/c15-10-3-1-9(2-4-10)7-14(19-18)12-6-5-11(16)8-13(12)17/h1-6,8,14,19H,7,18H2. The van der Waals surface area contributed by atoms with Crippen LogP contribution >= 0.6 is 43.5 Å². The third kappa shape index (κ3) is 4.04. The molecule has 1 unspecified atom stereocenters. The van der Waals surface area contributed by atoms with Crippen molar-refractivity contribution in [1.82, 2.24) is 5.43 Å². The zero-order valence-corrected chi connectivity index (χ0v) is 14.0. The molecule has 1 atom stereocenters. The molecular formula is C14H13Br2ClN2. The molecule has 0 fully saturated rings.